The number of amides is 1. The molecular formula is C19H26N2O2. The minimum absolute atomic E-state index is 0.000741. The van der Waals surface area contributed by atoms with E-state index in [2.05, 4.69) is 27.7 Å². The summed E-state index contributed by atoms with van der Waals surface area (Å²) in [5.74, 6) is 0.798. The normalized spacial score (nSPS) is 11.4. The van der Waals surface area contributed by atoms with Crippen LogP contribution in [0.5, 0.6) is 0 Å². The predicted octanol–water partition coefficient (Wildman–Crippen LogP) is 3.29. The Labute approximate surface area is 137 Å². The molecule has 0 fully saturated rings. The standard InChI is InChI=1S/C19H26N2O2/c1-13(2)10-21(11-14(3)4)19(23)17-12-20(5)18(22)16-9-7-6-8-15(16)17/h6-9,12-14H,10-11H2,1-5H3. The van der Waals surface area contributed by atoms with Crippen LogP contribution in [0.4, 0.5) is 0 Å². The molecule has 0 aliphatic carbocycles. The molecule has 0 aliphatic rings. The van der Waals surface area contributed by atoms with E-state index in [1.165, 1.54) is 4.57 Å². The van der Waals surface area contributed by atoms with Crippen LogP contribution >= 0.6 is 0 Å². The number of carbonyl (C=O) groups is 1. The van der Waals surface area contributed by atoms with Gasteiger partial charge in [0.05, 0.1) is 5.56 Å². The molecule has 0 atom stereocenters. The van der Waals surface area contributed by atoms with E-state index < -0.39 is 0 Å². The van der Waals surface area contributed by atoms with Gasteiger partial charge in [0.15, 0.2) is 0 Å². The lowest BCUT2D eigenvalue weighted by Crippen LogP contribution is -2.37. The summed E-state index contributed by atoms with van der Waals surface area (Å²) in [6, 6.07) is 7.34. The lowest BCUT2D eigenvalue weighted by molar-refractivity contribution is 0.0716. The number of carbonyl (C=O) groups excluding carboxylic acids is 1. The third-order valence-corrected chi connectivity index (χ3v) is 3.78. The molecule has 0 bridgehead atoms. The van der Waals surface area contributed by atoms with Gasteiger partial charge in [0.2, 0.25) is 0 Å². The molecule has 124 valence electrons. The van der Waals surface area contributed by atoms with Crippen molar-refractivity contribution in [3.63, 3.8) is 0 Å². The van der Waals surface area contributed by atoms with Crippen LogP contribution in [0.25, 0.3) is 10.8 Å². The maximum Gasteiger partial charge on any atom is 0.258 e. The van der Waals surface area contributed by atoms with Gasteiger partial charge in [-0.2, -0.15) is 0 Å². The minimum atomic E-state index is -0.0728. The molecule has 1 aromatic heterocycles. The first-order chi connectivity index (χ1) is 10.8. The van der Waals surface area contributed by atoms with E-state index in [-0.39, 0.29) is 11.5 Å². The second-order valence-corrected chi connectivity index (χ2v) is 7.00. The molecule has 1 amide bonds. The topological polar surface area (TPSA) is 42.3 Å². The van der Waals surface area contributed by atoms with E-state index in [0.29, 0.717) is 35.9 Å². The largest absolute Gasteiger partial charge is 0.338 e. The van der Waals surface area contributed by atoms with Gasteiger partial charge < -0.3 is 9.47 Å². The van der Waals surface area contributed by atoms with Gasteiger partial charge in [-0.1, -0.05) is 45.9 Å². The van der Waals surface area contributed by atoms with Crippen LogP contribution in [0, 0.1) is 11.8 Å². The molecule has 2 aromatic rings. The smallest absolute Gasteiger partial charge is 0.258 e. The molecule has 23 heavy (non-hydrogen) atoms. The van der Waals surface area contributed by atoms with Gasteiger partial charge in [-0.3, -0.25) is 9.59 Å². The van der Waals surface area contributed by atoms with Crippen LogP contribution in [-0.4, -0.2) is 28.5 Å². The Kier molecular flexibility index (Phi) is 5.24. The number of aryl methyl sites for hydroxylation is 1. The fraction of sp³-hybridized carbons (Fsp3) is 0.474. The van der Waals surface area contributed by atoms with Crippen LogP contribution in [0.3, 0.4) is 0 Å². The second kappa shape index (κ2) is 6.99. The van der Waals surface area contributed by atoms with E-state index in [1.54, 1.807) is 19.3 Å². The van der Waals surface area contributed by atoms with Crippen LogP contribution in [-0.2, 0) is 7.05 Å². The van der Waals surface area contributed by atoms with Crippen LogP contribution in [0.2, 0.25) is 0 Å². The lowest BCUT2D eigenvalue weighted by atomic mass is 10.0. The van der Waals surface area contributed by atoms with Gasteiger partial charge in [0.25, 0.3) is 11.5 Å². The van der Waals surface area contributed by atoms with Crippen molar-refractivity contribution >= 4 is 16.7 Å². The summed E-state index contributed by atoms with van der Waals surface area (Å²) in [5.41, 5.74) is 0.528. The fourth-order valence-electron chi connectivity index (χ4n) is 2.88. The fourth-order valence-corrected chi connectivity index (χ4v) is 2.88. The maximum absolute atomic E-state index is 13.1. The van der Waals surface area contributed by atoms with Crippen LogP contribution < -0.4 is 5.56 Å². The van der Waals surface area contributed by atoms with Crippen molar-refractivity contribution in [1.29, 1.82) is 0 Å². The number of nitrogens with zero attached hydrogens (tertiary/aromatic N) is 2. The first-order valence-electron chi connectivity index (χ1n) is 8.19. The third-order valence-electron chi connectivity index (χ3n) is 3.78. The second-order valence-electron chi connectivity index (χ2n) is 7.00. The van der Waals surface area contributed by atoms with E-state index in [1.807, 2.05) is 23.1 Å². The average Bonchev–Trinajstić information content (AvgIpc) is 2.48. The van der Waals surface area contributed by atoms with Crippen molar-refractivity contribution in [2.24, 2.45) is 18.9 Å². The number of aromatic nitrogens is 1. The number of hydrogen-bond donors (Lipinski definition) is 0. The molecule has 4 nitrogen and oxygen atoms in total. The molecule has 0 radical (unpaired) electrons. The highest BCUT2D eigenvalue weighted by Crippen LogP contribution is 2.18. The van der Waals surface area contributed by atoms with Crippen molar-refractivity contribution in [1.82, 2.24) is 9.47 Å². The van der Waals surface area contributed by atoms with Crippen molar-refractivity contribution in [3.05, 3.63) is 46.4 Å². The monoisotopic (exact) mass is 314 g/mol. The van der Waals surface area contributed by atoms with Gasteiger partial charge >= 0.3 is 0 Å². The molecule has 0 saturated heterocycles. The molecule has 0 N–H and O–H groups in total. The van der Waals surface area contributed by atoms with Crippen molar-refractivity contribution in [2.45, 2.75) is 27.7 Å². The Balaban J connectivity index is 2.54. The molecule has 4 heteroatoms. The van der Waals surface area contributed by atoms with Gasteiger partial charge in [-0.15, -0.1) is 0 Å². The molecule has 0 spiro atoms. The van der Waals surface area contributed by atoms with E-state index >= 15 is 0 Å². The summed E-state index contributed by atoms with van der Waals surface area (Å²) in [6.07, 6.45) is 1.67. The highest BCUT2D eigenvalue weighted by atomic mass is 16.2. The Morgan fingerprint density at radius 1 is 1.04 bits per heavy atom. The summed E-state index contributed by atoms with van der Waals surface area (Å²) >= 11 is 0. The number of rotatable bonds is 5. The predicted molar refractivity (Wildman–Crippen MR) is 94.8 cm³/mol. The highest BCUT2D eigenvalue weighted by Gasteiger charge is 2.21. The van der Waals surface area contributed by atoms with Crippen molar-refractivity contribution in [3.8, 4) is 0 Å². The zero-order valence-electron chi connectivity index (χ0n) is 14.7. The molecule has 1 heterocycles. The average molecular weight is 314 g/mol. The highest BCUT2D eigenvalue weighted by molar-refractivity contribution is 6.06. The van der Waals surface area contributed by atoms with Gasteiger partial charge in [-0.05, 0) is 17.9 Å². The van der Waals surface area contributed by atoms with E-state index in [9.17, 15) is 9.59 Å². The summed E-state index contributed by atoms with van der Waals surface area (Å²) in [4.78, 5) is 27.3. The molecule has 0 saturated carbocycles. The zero-order valence-corrected chi connectivity index (χ0v) is 14.7. The Bertz CT molecular complexity index is 750. The van der Waals surface area contributed by atoms with Crippen molar-refractivity contribution < 1.29 is 4.79 Å². The summed E-state index contributed by atoms with van der Waals surface area (Å²) in [5, 5.41) is 1.33. The summed E-state index contributed by atoms with van der Waals surface area (Å²) < 4.78 is 1.50. The van der Waals surface area contributed by atoms with Gasteiger partial charge in [-0.25, -0.2) is 0 Å². The van der Waals surface area contributed by atoms with Crippen LogP contribution in [0.15, 0.2) is 35.3 Å². The van der Waals surface area contributed by atoms with Gasteiger partial charge in [0, 0.05) is 37.1 Å². The number of pyridine rings is 1. The molecular weight excluding hydrogens is 288 g/mol. The summed E-state index contributed by atoms with van der Waals surface area (Å²) in [6.45, 7) is 9.88. The Morgan fingerprint density at radius 2 is 1.57 bits per heavy atom. The summed E-state index contributed by atoms with van der Waals surface area (Å²) in [7, 11) is 1.70. The number of hydrogen-bond acceptors (Lipinski definition) is 2. The van der Waals surface area contributed by atoms with E-state index in [4.69, 9.17) is 0 Å². The quantitative estimate of drug-likeness (QED) is 0.850. The SMILES string of the molecule is CC(C)CN(CC(C)C)C(=O)c1cn(C)c(=O)c2ccccc12. The molecule has 1 aromatic carbocycles. The zero-order chi connectivity index (χ0) is 17.1. The Morgan fingerprint density at radius 3 is 2.09 bits per heavy atom. The van der Waals surface area contributed by atoms with Gasteiger partial charge in [0.1, 0.15) is 0 Å². The first-order valence-corrected chi connectivity index (χ1v) is 8.19. The van der Waals surface area contributed by atoms with Crippen molar-refractivity contribution in [2.75, 3.05) is 13.1 Å². The van der Waals surface area contributed by atoms with Crippen LogP contribution in [0.1, 0.15) is 38.1 Å². The first kappa shape index (κ1) is 17.3. The minimum Gasteiger partial charge on any atom is -0.338 e. The third kappa shape index (κ3) is 3.81. The lowest BCUT2D eigenvalue weighted by Gasteiger charge is -2.27. The van der Waals surface area contributed by atoms with E-state index in [0.717, 1.165) is 5.39 Å². The number of benzene rings is 1. The maximum atomic E-state index is 13.1. The Hall–Kier alpha value is -2.10. The molecule has 2 rings (SSSR count). The number of fused-ring (bicyclic) bond motifs is 1. The molecule has 0 aliphatic heterocycles. The molecule has 0 unspecified atom stereocenters.